The third-order valence-corrected chi connectivity index (χ3v) is 5.86. The number of carbonyl (C=O) groups is 2. The number of carbonyl (C=O) groups excluding carboxylic acids is 2. The maximum atomic E-state index is 12.9. The molecule has 0 unspecified atom stereocenters. The van der Waals surface area contributed by atoms with Crippen LogP contribution in [0.5, 0.6) is 5.75 Å². The minimum atomic E-state index is -3.94. The number of nitrogens with zero attached hydrogens (tertiary/aromatic N) is 1. The van der Waals surface area contributed by atoms with Gasteiger partial charge in [-0.05, 0) is 48.4 Å². The van der Waals surface area contributed by atoms with Gasteiger partial charge in [0.2, 0.25) is 5.91 Å². The van der Waals surface area contributed by atoms with Gasteiger partial charge in [0.05, 0.1) is 30.4 Å². The molecule has 2 aromatic carbocycles. The number of benzene rings is 2. The molecule has 1 aliphatic rings. The SMILES string of the molecule is COC(=O)c1ccc(OC)c(NS(=O)(=O)c2ccc3c(c2)CCN3C(C)=O)c1. The average Bonchev–Trinajstić information content (AvgIpc) is 3.10. The van der Waals surface area contributed by atoms with E-state index < -0.39 is 16.0 Å². The summed E-state index contributed by atoms with van der Waals surface area (Å²) in [5.74, 6) is -0.415. The lowest BCUT2D eigenvalue weighted by Crippen LogP contribution is -2.25. The smallest absolute Gasteiger partial charge is 0.337 e. The molecular formula is C19H20N2O6S. The van der Waals surface area contributed by atoms with E-state index in [1.165, 1.54) is 45.4 Å². The summed E-state index contributed by atoms with van der Waals surface area (Å²) in [6, 6.07) is 8.94. The summed E-state index contributed by atoms with van der Waals surface area (Å²) in [6.07, 6.45) is 0.583. The van der Waals surface area contributed by atoms with Crippen LogP contribution < -0.4 is 14.4 Å². The number of rotatable bonds is 5. The van der Waals surface area contributed by atoms with Crippen LogP contribution in [0.3, 0.4) is 0 Å². The number of hydrogen-bond donors (Lipinski definition) is 1. The summed E-state index contributed by atoms with van der Waals surface area (Å²) in [5.41, 5.74) is 1.81. The predicted octanol–water partition coefficient (Wildman–Crippen LogP) is 2.19. The summed E-state index contributed by atoms with van der Waals surface area (Å²) in [5, 5.41) is 0. The fourth-order valence-electron chi connectivity index (χ4n) is 3.11. The minimum absolute atomic E-state index is 0.0576. The summed E-state index contributed by atoms with van der Waals surface area (Å²) in [7, 11) is -1.30. The monoisotopic (exact) mass is 404 g/mol. The largest absolute Gasteiger partial charge is 0.495 e. The topological polar surface area (TPSA) is 102 Å². The number of esters is 1. The first kappa shape index (κ1) is 19.7. The number of nitrogens with one attached hydrogen (secondary N) is 1. The Kier molecular flexibility index (Phi) is 5.28. The Labute approximate surface area is 163 Å². The highest BCUT2D eigenvalue weighted by Gasteiger charge is 2.25. The zero-order valence-electron chi connectivity index (χ0n) is 15.7. The third kappa shape index (κ3) is 3.65. The quantitative estimate of drug-likeness (QED) is 0.767. The zero-order valence-corrected chi connectivity index (χ0v) is 16.5. The Hall–Kier alpha value is -3.07. The molecule has 1 N–H and O–H groups in total. The Morgan fingerprint density at radius 1 is 1.11 bits per heavy atom. The van der Waals surface area contributed by atoms with Crippen LogP contribution in [0.4, 0.5) is 11.4 Å². The van der Waals surface area contributed by atoms with Crippen LogP contribution in [0.2, 0.25) is 0 Å². The molecule has 1 amide bonds. The number of methoxy groups -OCH3 is 2. The number of amides is 1. The summed E-state index contributed by atoms with van der Waals surface area (Å²) >= 11 is 0. The maximum absolute atomic E-state index is 12.9. The van der Waals surface area contributed by atoms with Crippen LogP contribution in [-0.4, -0.2) is 41.1 Å². The van der Waals surface area contributed by atoms with Crippen molar-refractivity contribution in [1.82, 2.24) is 0 Å². The molecule has 0 aliphatic carbocycles. The van der Waals surface area contributed by atoms with E-state index in [0.717, 1.165) is 11.3 Å². The highest BCUT2D eigenvalue weighted by atomic mass is 32.2. The van der Waals surface area contributed by atoms with Gasteiger partial charge < -0.3 is 14.4 Å². The first-order chi connectivity index (χ1) is 13.3. The van der Waals surface area contributed by atoms with E-state index in [9.17, 15) is 18.0 Å². The molecule has 0 radical (unpaired) electrons. The average molecular weight is 404 g/mol. The van der Waals surface area contributed by atoms with E-state index in [4.69, 9.17) is 4.74 Å². The van der Waals surface area contributed by atoms with Crippen molar-refractivity contribution in [2.75, 3.05) is 30.4 Å². The Morgan fingerprint density at radius 3 is 2.50 bits per heavy atom. The maximum Gasteiger partial charge on any atom is 0.337 e. The van der Waals surface area contributed by atoms with Crippen LogP contribution in [0.25, 0.3) is 0 Å². The Bertz CT molecular complexity index is 1050. The second-order valence-corrected chi connectivity index (χ2v) is 7.91. The molecule has 1 heterocycles. The number of anilines is 2. The van der Waals surface area contributed by atoms with Gasteiger partial charge in [-0.25, -0.2) is 13.2 Å². The predicted molar refractivity (Wildman–Crippen MR) is 103 cm³/mol. The molecule has 0 spiro atoms. The van der Waals surface area contributed by atoms with Crippen molar-refractivity contribution >= 4 is 33.3 Å². The number of hydrogen-bond acceptors (Lipinski definition) is 6. The van der Waals surface area contributed by atoms with Gasteiger partial charge in [-0.3, -0.25) is 9.52 Å². The Morgan fingerprint density at radius 2 is 1.86 bits per heavy atom. The lowest BCUT2D eigenvalue weighted by molar-refractivity contribution is -0.116. The van der Waals surface area contributed by atoms with Gasteiger partial charge in [-0.15, -0.1) is 0 Å². The molecule has 0 saturated heterocycles. The molecule has 8 nitrogen and oxygen atoms in total. The van der Waals surface area contributed by atoms with Gasteiger partial charge >= 0.3 is 5.97 Å². The van der Waals surface area contributed by atoms with E-state index in [0.29, 0.717) is 13.0 Å². The van der Waals surface area contributed by atoms with Gasteiger partial charge in [0, 0.05) is 19.2 Å². The summed E-state index contributed by atoms with van der Waals surface area (Å²) in [6.45, 7) is 2.00. The van der Waals surface area contributed by atoms with Crippen molar-refractivity contribution < 1.29 is 27.5 Å². The van der Waals surface area contributed by atoms with E-state index in [1.54, 1.807) is 17.0 Å². The van der Waals surface area contributed by atoms with Crippen molar-refractivity contribution in [3.63, 3.8) is 0 Å². The minimum Gasteiger partial charge on any atom is -0.495 e. The number of ether oxygens (including phenoxy) is 2. The number of fused-ring (bicyclic) bond motifs is 1. The molecule has 9 heteroatoms. The summed E-state index contributed by atoms with van der Waals surface area (Å²) in [4.78, 5) is 25.1. The normalized spacial score (nSPS) is 13.0. The molecule has 0 atom stereocenters. The Balaban J connectivity index is 1.95. The van der Waals surface area contributed by atoms with E-state index >= 15 is 0 Å². The van der Waals surface area contributed by atoms with E-state index in [2.05, 4.69) is 9.46 Å². The van der Waals surface area contributed by atoms with Crippen molar-refractivity contribution in [3.8, 4) is 5.75 Å². The molecule has 0 saturated carbocycles. The third-order valence-electron chi connectivity index (χ3n) is 4.50. The van der Waals surface area contributed by atoms with Crippen molar-refractivity contribution in [2.24, 2.45) is 0 Å². The molecule has 1 aliphatic heterocycles. The van der Waals surface area contributed by atoms with Crippen molar-refractivity contribution in [2.45, 2.75) is 18.2 Å². The highest BCUT2D eigenvalue weighted by molar-refractivity contribution is 7.92. The molecule has 148 valence electrons. The van der Waals surface area contributed by atoms with Crippen molar-refractivity contribution in [1.29, 1.82) is 0 Å². The first-order valence-corrected chi connectivity index (χ1v) is 9.95. The molecule has 28 heavy (non-hydrogen) atoms. The van der Waals surface area contributed by atoms with Crippen LogP contribution in [0.15, 0.2) is 41.3 Å². The lowest BCUT2D eigenvalue weighted by atomic mass is 10.2. The van der Waals surface area contributed by atoms with Gasteiger partial charge in [-0.2, -0.15) is 0 Å². The number of sulfonamides is 1. The molecule has 0 fully saturated rings. The van der Waals surface area contributed by atoms with E-state index in [-0.39, 0.29) is 27.8 Å². The second kappa shape index (κ2) is 7.51. The van der Waals surface area contributed by atoms with Crippen LogP contribution in [-0.2, 0) is 26.0 Å². The molecule has 3 rings (SSSR count). The zero-order chi connectivity index (χ0) is 20.5. The van der Waals surface area contributed by atoms with Gasteiger partial charge in [-0.1, -0.05) is 0 Å². The fourth-order valence-corrected chi connectivity index (χ4v) is 4.22. The van der Waals surface area contributed by atoms with Crippen LogP contribution in [0.1, 0.15) is 22.8 Å². The standard InChI is InChI=1S/C19H20N2O6S/c1-12(22)21-9-8-13-10-15(5-6-17(13)21)28(24,25)20-16-11-14(19(23)27-3)4-7-18(16)26-2/h4-7,10-11,20H,8-9H2,1-3H3. The van der Waals surface area contributed by atoms with Gasteiger partial charge in [0.15, 0.2) is 0 Å². The highest BCUT2D eigenvalue weighted by Crippen LogP contribution is 2.32. The second-order valence-electron chi connectivity index (χ2n) is 6.22. The molecule has 0 bridgehead atoms. The summed E-state index contributed by atoms with van der Waals surface area (Å²) < 4.78 is 38.1. The fraction of sp³-hybridized carbons (Fsp3) is 0.263. The van der Waals surface area contributed by atoms with Crippen LogP contribution in [0, 0.1) is 0 Å². The van der Waals surface area contributed by atoms with Gasteiger partial charge in [0.1, 0.15) is 5.75 Å². The first-order valence-electron chi connectivity index (χ1n) is 8.47. The van der Waals surface area contributed by atoms with Crippen molar-refractivity contribution in [3.05, 3.63) is 47.5 Å². The molecule has 2 aromatic rings. The van der Waals surface area contributed by atoms with Crippen LogP contribution >= 0.6 is 0 Å². The molecule has 0 aromatic heterocycles. The lowest BCUT2D eigenvalue weighted by Gasteiger charge is -2.16. The van der Waals surface area contributed by atoms with E-state index in [1.807, 2.05) is 0 Å². The van der Waals surface area contributed by atoms with Gasteiger partial charge in [0.25, 0.3) is 10.0 Å². The molecular weight excluding hydrogens is 384 g/mol.